The number of nitrogens with one attached hydrogen (secondary N) is 2. The third kappa shape index (κ3) is 4.08. The molecule has 2 aromatic carbocycles. The van der Waals surface area contributed by atoms with Crippen molar-refractivity contribution in [2.45, 2.75) is 12.5 Å². The van der Waals surface area contributed by atoms with Crippen LogP contribution in [0, 0.1) is 0 Å². The van der Waals surface area contributed by atoms with Gasteiger partial charge >= 0.3 is 0 Å². The minimum atomic E-state index is -0.886. The highest BCUT2D eigenvalue weighted by Gasteiger charge is 2.39. The van der Waals surface area contributed by atoms with Gasteiger partial charge in [0.1, 0.15) is 17.5 Å². The highest BCUT2D eigenvalue weighted by molar-refractivity contribution is 6.31. The van der Waals surface area contributed by atoms with E-state index in [0.717, 1.165) is 4.90 Å². The number of hydrazine groups is 1. The maximum absolute atomic E-state index is 12.6. The first-order chi connectivity index (χ1) is 13.4. The number of benzene rings is 2. The SMILES string of the molecule is COc1cc(OC)cc(C(=O)NN[C@H]2CC(=O)N(c3cccc(Cl)c3)C2=O)c1. The molecule has 146 valence electrons. The van der Waals surface area contributed by atoms with Gasteiger partial charge in [0.15, 0.2) is 0 Å². The fraction of sp³-hybridized carbons (Fsp3) is 0.211. The maximum atomic E-state index is 12.6. The second kappa shape index (κ2) is 8.28. The average molecular weight is 404 g/mol. The van der Waals surface area contributed by atoms with Crippen molar-refractivity contribution in [3.8, 4) is 11.5 Å². The Balaban J connectivity index is 1.69. The molecule has 2 aromatic rings. The molecule has 1 aliphatic rings. The van der Waals surface area contributed by atoms with Gasteiger partial charge in [0.25, 0.3) is 11.8 Å². The third-order valence-electron chi connectivity index (χ3n) is 4.19. The van der Waals surface area contributed by atoms with Crippen LogP contribution < -0.4 is 25.2 Å². The summed E-state index contributed by atoms with van der Waals surface area (Å²) >= 11 is 5.93. The molecule has 1 fully saturated rings. The van der Waals surface area contributed by atoms with Crippen LogP contribution in [0.5, 0.6) is 11.5 Å². The second-order valence-corrected chi connectivity index (χ2v) is 6.44. The van der Waals surface area contributed by atoms with E-state index in [1.54, 1.807) is 24.3 Å². The Kier molecular flexibility index (Phi) is 5.81. The van der Waals surface area contributed by atoms with Crippen LogP contribution in [0.4, 0.5) is 5.69 Å². The first-order valence-corrected chi connectivity index (χ1v) is 8.72. The van der Waals surface area contributed by atoms with Gasteiger partial charge in [-0.2, -0.15) is 0 Å². The number of hydrogen-bond acceptors (Lipinski definition) is 6. The Morgan fingerprint density at radius 1 is 1.11 bits per heavy atom. The van der Waals surface area contributed by atoms with E-state index in [1.165, 1.54) is 32.4 Å². The lowest BCUT2D eigenvalue weighted by atomic mass is 10.2. The molecule has 28 heavy (non-hydrogen) atoms. The summed E-state index contributed by atoms with van der Waals surface area (Å²) in [6.07, 6.45) is -0.0902. The lowest BCUT2D eigenvalue weighted by Crippen LogP contribution is -2.48. The van der Waals surface area contributed by atoms with E-state index >= 15 is 0 Å². The largest absolute Gasteiger partial charge is 0.497 e. The molecule has 1 aliphatic heterocycles. The zero-order chi connectivity index (χ0) is 20.3. The molecule has 0 bridgehead atoms. The number of amides is 3. The van der Waals surface area contributed by atoms with Crippen molar-refractivity contribution in [2.75, 3.05) is 19.1 Å². The summed E-state index contributed by atoms with van der Waals surface area (Å²) in [7, 11) is 2.95. The summed E-state index contributed by atoms with van der Waals surface area (Å²) in [6, 6.07) is 10.2. The minimum absolute atomic E-state index is 0.0902. The third-order valence-corrected chi connectivity index (χ3v) is 4.42. The van der Waals surface area contributed by atoms with E-state index in [-0.39, 0.29) is 17.9 Å². The van der Waals surface area contributed by atoms with E-state index in [9.17, 15) is 14.4 Å². The van der Waals surface area contributed by atoms with E-state index in [2.05, 4.69) is 10.9 Å². The van der Waals surface area contributed by atoms with Gasteiger partial charge in [-0.05, 0) is 30.3 Å². The van der Waals surface area contributed by atoms with E-state index in [4.69, 9.17) is 21.1 Å². The lowest BCUT2D eigenvalue weighted by molar-refractivity contribution is -0.121. The summed E-state index contributed by atoms with van der Waals surface area (Å²) in [5.41, 5.74) is 5.73. The number of carbonyl (C=O) groups excluding carboxylic acids is 3. The van der Waals surface area contributed by atoms with Crippen molar-refractivity contribution < 1.29 is 23.9 Å². The standard InChI is InChI=1S/C19H18ClN3O5/c1-27-14-6-11(7-15(9-14)28-2)18(25)22-21-16-10-17(24)23(19(16)26)13-5-3-4-12(20)8-13/h3-9,16,21H,10H2,1-2H3,(H,22,25)/t16-/m0/s1. The molecule has 2 N–H and O–H groups in total. The first-order valence-electron chi connectivity index (χ1n) is 8.34. The summed E-state index contributed by atoms with van der Waals surface area (Å²) in [6.45, 7) is 0. The topological polar surface area (TPSA) is 97.0 Å². The monoisotopic (exact) mass is 403 g/mol. The molecule has 0 saturated carbocycles. The summed E-state index contributed by atoms with van der Waals surface area (Å²) in [5, 5.41) is 0.412. The van der Waals surface area contributed by atoms with Crippen LogP contribution in [0.15, 0.2) is 42.5 Å². The normalized spacial score (nSPS) is 16.2. The number of imide groups is 1. The fourth-order valence-corrected chi connectivity index (χ4v) is 2.98. The van der Waals surface area contributed by atoms with Crippen LogP contribution in [0.2, 0.25) is 5.02 Å². The Bertz CT molecular complexity index is 911. The molecule has 3 rings (SSSR count). The molecule has 9 heteroatoms. The molecular formula is C19H18ClN3O5. The van der Waals surface area contributed by atoms with Crippen molar-refractivity contribution >= 4 is 35.0 Å². The molecule has 0 unspecified atom stereocenters. The molecule has 0 spiro atoms. The molecule has 3 amide bonds. The number of rotatable bonds is 6. The number of methoxy groups -OCH3 is 2. The highest BCUT2D eigenvalue weighted by Crippen LogP contribution is 2.25. The van der Waals surface area contributed by atoms with E-state index < -0.39 is 17.9 Å². The molecule has 1 atom stereocenters. The maximum Gasteiger partial charge on any atom is 0.265 e. The molecule has 8 nitrogen and oxygen atoms in total. The number of ether oxygens (including phenoxy) is 2. The van der Waals surface area contributed by atoms with Crippen LogP contribution in [0.25, 0.3) is 0 Å². The van der Waals surface area contributed by atoms with Gasteiger partial charge in [-0.3, -0.25) is 19.8 Å². The van der Waals surface area contributed by atoms with Crippen molar-refractivity contribution in [1.82, 2.24) is 10.9 Å². The molecule has 0 aromatic heterocycles. The number of carbonyl (C=O) groups is 3. The summed E-state index contributed by atoms with van der Waals surface area (Å²) in [4.78, 5) is 38.3. The van der Waals surface area contributed by atoms with Gasteiger partial charge in [0, 0.05) is 16.7 Å². The number of hydrogen-bond donors (Lipinski definition) is 2. The van der Waals surface area contributed by atoms with Gasteiger partial charge < -0.3 is 9.47 Å². The van der Waals surface area contributed by atoms with Crippen molar-refractivity contribution in [3.63, 3.8) is 0 Å². The second-order valence-electron chi connectivity index (χ2n) is 6.00. The lowest BCUT2D eigenvalue weighted by Gasteiger charge is -2.16. The molecule has 0 radical (unpaired) electrons. The van der Waals surface area contributed by atoms with Crippen molar-refractivity contribution in [3.05, 3.63) is 53.1 Å². The van der Waals surface area contributed by atoms with Gasteiger partial charge in [0.05, 0.1) is 26.3 Å². The minimum Gasteiger partial charge on any atom is -0.497 e. The number of nitrogens with zero attached hydrogens (tertiary/aromatic N) is 1. The van der Waals surface area contributed by atoms with Crippen molar-refractivity contribution in [2.24, 2.45) is 0 Å². The number of halogens is 1. The summed E-state index contributed by atoms with van der Waals surface area (Å²) in [5.74, 6) is -0.469. The predicted molar refractivity (Wildman–Crippen MR) is 102 cm³/mol. The molecular weight excluding hydrogens is 386 g/mol. The van der Waals surface area contributed by atoms with E-state index in [0.29, 0.717) is 22.2 Å². The quantitative estimate of drug-likeness (QED) is 0.565. The molecule has 1 saturated heterocycles. The Hall–Kier alpha value is -3.10. The Morgan fingerprint density at radius 3 is 2.39 bits per heavy atom. The fourth-order valence-electron chi connectivity index (χ4n) is 2.79. The van der Waals surface area contributed by atoms with Crippen molar-refractivity contribution in [1.29, 1.82) is 0 Å². The number of anilines is 1. The van der Waals surface area contributed by atoms with Crippen LogP contribution in [-0.4, -0.2) is 38.0 Å². The smallest absolute Gasteiger partial charge is 0.265 e. The molecule has 0 aliphatic carbocycles. The van der Waals surface area contributed by atoms with Crippen LogP contribution in [0.3, 0.4) is 0 Å². The van der Waals surface area contributed by atoms with Gasteiger partial charge in [-0.15, -0.1) is 0 Å². The summed E-state index contributed by atoms with van der Waals surface area (Å²) < 4.78 is 10.3. The van der Waals surface area contributed by atoms with Gasteiger partial charge in [0.2, 0.25) is 5.91 Å². The van der Waals surface area contributed by atoms with Crippen LogP contribution >= 0.6 is 11.6 Å². The van der Waals surface area contributed by atoms with Gasteiger partial charge in [-0.25, -0.2) is 10.3 Å². The zero-order valence-corrected chi connectivity index (χ0v) is 15.9. The first kappa shape index (κ1) is 19.7. The average Bonchev–Trinajstić information content (AvgIpc) is 2.98. The van der Waals surface area contributed by atoms with Crippen LogP contribution in [-0.2, 0) is 9.59 Å². The molecule has 1 heterocycles. The zero-order valence-electron chi connectivity index (χ0n) is 15.2. The van der Waals surface area contributed by atoms with E-state index in [1.807, 2.05) is 0 Å². The Labute approximate surface area is 166 Å². The predicted octanol–water partition coefficient (Wildman–Crippen LogP) is 1.92. The Morgan fingerprint density at radius 2 is 1.79 bits per heavy atom. The van der Waals surface area contributed by atoms with Crippen LogP contribution in [0.1, 0.15) is 16.8 Å². The highest BCUT2D eigenvalue weighted by atomic mass is 35.5. The van der Waals surface area contributed by atoms with Gasteiger partial charge in [-0.1, -0.05) is 17.7 Å².